The lowest BCUT2D eigenvalue weighted by Gasteiger charge is -2.18. The molecule has 0 aliphatic rings. The standard InChI is InChI=1S/C22H29FN4O3/c1-4-25-21(28)15-29-18-9-7-8-17(12-18)14-27-22(24-3)26-13-16(2)30-20-11-6-5-10-19(20)23/h5-12,16H,4,13-15H2,1-3H3,(H,25,28)(H2,24,26,27). The van der Waals surface area contributed by atoms with Crippen LogP contribution in [0.1, 0.15) is 19.4 Å². The molecule has 1 atom stereocenters. The molecule has 0 saturated heterocycles. The molecule has 0 saturated carbocycles. The molecule has 162 valence electrons. The number of nitrogens with zero attached hydrogens (tertiary/aromatic N) is 1. The van der Waals surface area contributed by atoms with E-state index in [2.05, 4.69) is 20.9 Å². The molecule has 0 heterocycles. The molecule has 2 aromatic rings. The lowest BCUT2D eigenvalue weighted by molar-refractivity contribution is -0.122. The van der Waals surface area contributed by atoms with Crippen LogP contribution in [0.3, 0.4) is 0 Å². The van der Waals surface area contributed by atoms with Crippen LogP contribution in [-0.2, 0) is 11.3 Å². The van der Waals surface area contributed by atoms with Crippen LogP contribution in [0.25, 0.3) is 0 Å². The van der Waals surface area contributed by atoms with Crippen LogP contribution in [0, 0.1) is 5.82 Å². The first-order valence-electron chi connectivity index (χ1n) is 9.86. The molecule has 7 nitrogen and oxygen atoms in total. The summed E-state index contributed by atoms with van der Waals surface area (Å²) in [6.07, 6.45) is -0.258. The van der Waals surface area contributed by atoms with Gasteiger partial charge in [0.25, 0.3) is 5.91 Å². The predicted octanol–water partition coefficient (Wildman–Crippen LogP) is 2.47. The van der Waals surface area contributed by atoms with Gasteiger partial charge in [-0.3, -0.25) is 9.79 Å². The summed E-state index contributed by atoms with van der Waals surface area (Å²) >= 11 is 0. The summed E-state index contributed by atoms with van der Waals surface area (Å²) < 4.78 is 24.8. The summed E-state index contributed by atoms with van der Waals surface area (Å²) in [6.45, 7) is 5.22. The lowest BCUT2D eigenvalue weighted by Crippen LogP contribution is -2.41. The van der Waals surface area contributed by atoms with E-state index in [4.69, 9.17) is 9.47 Å². The minimum atomic E-state index is -0.388. The van der Waals surface area contributed by atoms with Crippen LogP contribution in [-0.4, -0.2) is 44.7 Å². The van der Waals surface area contributed by atoms with Crippen molar-refractivity contribution >= 4 is 11.9 Å². The Morgan fingerprint density at radius 1 is 1.13 bits per heavy atom. The largest absolute Gasteiger partial charge is 0.486 e. The van der Waals surface area contributed by atoms with Gasteiger partial charge in [0.1, 0.15) is 11.9 Å². The molecule has 2 rings (SSSR count). The number of hydrogen-bond donors (Lipinski definition) is 3. The minimum Gasteiger partial charge on any atom is -0.486 e. The molecule has 0 bridgehead atoms. The van der Waals surface area contributed by atoms with E-state index >= 15 is 0 Å². The summed E-state index contributed by atoms with van der Waals surface area (Å²) in [6, 6.07) is 13.8. The summed E-state index contributed by atoms with van der Waals surface area (Å²) in [4.78, 5) is 15.7. The van der Waals surface area contributed by atoms with Gasteiger partial charge >= 0.3 is 0 Å². The van der Waals surface area contributed by atoms with E-state index in [0.29, 0.717) is 31.3 Å². The fourth-order valence-corrected chi connectivity index (χ4v) is 2.59. The lowest BCUT2D eigenvalue weighted by atomic mass is 10.2. The average Bonchev–Trinajstić information content (AvgIpc) is 2.74. The third kappa shape index (κ3) is 7.98. The number of carbonyl (C=O) groups is 1. The maximum absolute atomic E-state index is 13.7. The number of nitrogens with one attached hydrogen (secondary N) is 3. The molecule has 30 heavy (non-hydrogen) atoms. The van der Waals surface area contributed by atoms with Gasteiger partial charge in [-0.05, 0) is 43.7 Å². The van der Waals surface area contributed by atoms with Crippen LogP contribution in [0.2, 0.25) is 0 Å². The van der Waals surface area contributed by atoms with Gasteiger partial charge in [-0.15, -0.1) is 0 Å². The molecular formula is C22H29FN4O3. The van der Waals surface area contributed by atoms with E-state index in [1.165, 1.54) is 6.07 Å². The fraction of sp³-hybridized carbons (Fsp3) is 0.364. The number of guanidine groups is 1. The Morgan fingerprint density at radius 2 is 1.93 bits per heavy atom. The molecule has 2 aromatic carbocycles. The number of rotatable bonds is 10. The minimum absolute atomic E-state index is 0.0200. The summed E-state index contributed by atoms with van der Waals surface area (Å²) in [7, 11) is 1.67. The maximum Gasteiger partial charge on any atom is 0.257 e. The number of amides is 1. The van der Waals surface area contributed by atoms with Gasteiger partial charge in [-0.25, -0.2) is 4.39 Å². The van der Waals surface area contributed by atoms with Crippen molar-refractivity contribution in [2.45, 2.75) is 26.5 Å². The predicted molar refractivity (Wildman–Crippen MR) is 115 cm³/mol. The first kappa shape index (κ1) is 23.0. The van der Waals surface area contributed by atoms with E-state index in [9.17, 15) is 9.18 Å². The van der Waals surface area contributed by atoms with Gasteiger partial charge in [-0.2, -0.15) is 0 Å². The Bertz CT molecular complexity index is 845. The Kier molecular flexibility index (Phi) is 9.44. The van der Waals surface area contributed by atoms with Crippen LogP contribution in [0.4, 0.5) is 4.39 Å². The Morgan fingerprint density at radius 3 is 2.67 bits per heavy atom. The number of likely N-dealkylation sites (N-methyl/N-ethyl adjacent to an activating group) is 1. The van der Waals surface area contributed by atoms with Crippen molar-refractivity contribution in [3.63, 3.8) is 0 Å². The number of halogens is 1. The van der Waals surface area contributed by atoms with Crippen molar-refractivity contribution < 1.29 is 18.7 Å². The van der Waals surface area contributed by atoms with Gasteiger partial charge in [0, 0.05) is 20.1 Å². The number of benzene rings is 2. The van der Waals surface area contributed by atoms with Crippen molar-refractivity contribution in [3.8, 4) is 11.5 Å². The molecule has 0 radical (unpaired) electrons. The summed E-state index contributed by atoms with van der Waals surface area (Å²) in [5.74, 6) is 0.890. The van der Waals surface area contributed by atoms with Gasteiger partial charge in [0.2, 0.25) is 0 Å². The molecule has 3 N–H and O–H groups in total. The zero-order valence-corrected chi connectivity index (χ0v) is 17.6. The van der Waals surface area contributed by atoms with Crippen LogP contribution in [0.15, 0.2) is 53.5 Å². The normalized spacial score (nSPS) is 12.1. The van der Waals surface area contributed by atoms with Crippen LogP contribution >= 0.6 is 0 Å². The SMILES string of the molecule is CCNC(=O)COc1cccc(CNC(=NC)NCC(C)Oc2ccccc2F)c1. The molecule has 0 spiro atoms. The second-order valence-electron chi connectivity index (χ2n) is 6.56. The third-order valence-electron chi connectivity index (χ3n) is 4.05. The molecular weight excluding hydrogens is 387 g/mol. The first-order valence-corrected chi connectivity index (χ1v) is 9.86. The zero-order valence-electron chi connectivity index (χ0n) is 17.6. The first-order chi connectivity index (χ1) is 14.5. The van der Waals surface area contributed by atoms with E-state index in [1.54, 1.807) is 31.3 Å². The molecule has 0 aliphatic heterocycles. The number of carbonyl (C=O) groups excluding carboxylic acids is 1. The highest BCUT2D eigenvalue weighted by Gasteiger charge is 2.09. The molecule has 1 unspecified atom stereocenters. The third-order valence-corrected chi connectivity index (χ3v) is 4.05. The Hall–Kier alpha value is -3.29. The Labute approximate surface area is 176 Å². The summed E-state index contributed by atoms with van der Waals surface area (Å²) in [5, 5.41) is 9.05. The van der Waals surface area contributed by atoms with E-state index in [0.717, 1.165) is 5.56 Å². The topological polar surface area (TPSA) is 84.0 Å². The smallest absolute Gasteiger partial charge is 0.257 e. The maximum atomic E-state index is 13.7. The van der Waals surface area contributed by atoms with Crippen molar-refractivity contribution in [2.75, 3.05) is 26.7 Å². The number of ether oxygens (including phenoxy) is 2. The number of para-hydroxylation sites is 1. The van der Waals surface area contributed by atoms with Gasteiger partial charge in [0.15, 0.2) is 24.1 Å². The molecule has 8 heteroatoms. The number of hydrogen-bond acceptors (Lipinski definition) is 4. The van der Waals surface area contributed by atoms with Gasteiger partial charge < -0.3 is 25.4 Å². The van der Waals surface area contributed by atoms with E-state index in [-0.39, 0.29) is 30.2 Å². The fourth-order valence-electron chi connectivity index (χ4n) is 2.59. The molecule has 1 amide bonds. The summed E-state index contributed by atoms with van der Waals surface area (Å²) in [5.41, 5.74) is 0.974. The van der Waals surface area contributed by atoms with Crippen molar-refractivity contribution in [1.82, 2.24) is 16.0 Å². The Balaban J connectivity index is 1.79. The second kappa shape index (κ2) is 12.3. The van der Waals surface area contributed by atoms with Crippen LogP contribution < -0.4 is 25.4 Å². The van der Waals surface area contributed by atoms with Gasteiger partial charge in [0.05, 0.1) is 6.54 Å². The van der Waals surface area contributed by atoms with Crippen molar-refractivity contribution in [2.24, 2.45) is 4.99 Å². The average molecular weight is 416 g/mol. The van der Waals surface area contributed by atoms with Gasteiger partial charge in [-0.1, -0.05) is 24.3 Å². The second-order valence-corrected chi connectivity index (χ2v) is 6.56. The zero-order chi connectivity index (χ0) is 21.8. The highest BCUT2D eigenvalue weighted by molar-refractivity contribution is 5.79. The van der Waals surface area contributed by atoms with Crippen molar-refractivity contribution in [3.05, 3.63) is 59.9 Å². The quantitative estimate of drug-likeness (QED) is 0.409. The van der Waals surface area contributed by atoms with E-state index in [1.807, 2.05) is 32.0 Å². The molecule has 0 aromatic heterocycles. The van der Waals surface area contributed by atoms with Crippen LogP contribution in [0.5, 0.6) is 11.5 Å². The highest BCUT2D eigenvalue weighted by Crippen LogP contribution is 2.16. The molecule has 0 aliphatic carbocycles. The number of aliphatic imine (C=N–C) groups is 1. The monoisotopic (exact) mass is 416 g/mol. The van der Waals surface area contributed by atoms with Crippen molar-refractivity contribution in [1.29, 1.82) is 0 Å². The highest BCUT2D eigenvalue weighted by atomic mass is 19.1. The molecule has 0 fully saturated rings. The van der Waals surface area contributed by atoms with E-state index < -0.39 is 0 Å².